The van der Waals surface area contributed by atoms with Crippen molar-refractivity contribution in [1.82, 2.24) is 9.88 Å². The van der Waals surface area contributed by atoms with Gasteiger partial charge in [-0.25, -0.2) is 9.59 Å². The van der Waals surface area contributed by atoms with E-state index in [0.717, 1.165) is 50.0 Å². The summed E-state index contributed by atoms with van der Waals surface area (Å²) in [6.45, 7) is 1.68. The Morgan fingerprint density at radius 2 is 1.53 bits per heavy atom. The van der Waals surface area contributed by atoms with E-state index in [4.69, 9.17) is 38.3 Å². The van der Waals surface area contributed by atoms with Crippen molar-refractivity contribution < 1.29 is 52.6 Å². The molecule has 0 amide bonds. The molecule has 3 unspecified atom stereocenters. The van der Waals surface area contributed by atoms with Crippen LogP contribution in [0.3, 0.4) is 0 Å². The predicted molar refractivity (Wildman–Crippen MR) is 204 cm³/mol. The molecule has 55 heavy (non-hydrogen) atoms. The number of piperidine rings is 1. The summed E-state index contributed by atoms with van der Waals surface area (Å²) in [4.78, 5) is 47.8. The molecule has 2 aliphatic heterocycles. The van der Waals surface area contributed by atoms with Gasteiger partial charge in [0.25, 0.3) is 0 Å². The quantitative estimate of drug-likeness (QED) is 0.156. The number of rotatable bonds is 9. The number of methoxy groups -OCH3 is 4. The molecule has 14 heteroatoms. The maximum atomic E-state index is 13.7. The molecule has 1 aromatic heterocycles. The van der Waals surface area contributed by atoms with Gasteiger partial charge < -0.3 is 48.1 Å². The first-order chi connectivity index (χ1) is 26.6. The molecule has 1 saturated heterocycles. The van der Waals surface area contributed by atoms with Crippen LogP contribution in [0.4, 0.5) is 10.5 Å². The molecule has 2 N–H and O–H groups in total. The van der Waals surface area contributed by atoms with E-state index in [9.17, 15) is 14.4 Å². The number of aromatic amines is 1. The number of anilines is 1. The monoisotopic (exact) mass is 759 g/mol. The van der Waals surface area contributed by atoms with Gasteiger partial charge >= 0.3 is 18.1 Å². The summed E-state index contributed by atoms with van der Waals surface area (Å²) < 4.78 is 38.7. The van der Waals surface area contributed by atoms with E-state index in [0.29, 0.717) is 12.8 Å². The Kier molecular flexibility index (Phi) is 12.1. The van der Waals surface area contributed by atoms with Crippen LogP contribution in [0.25, 0.3) is 10.9 Å². The minimum atomic E-state index is -1.01. The number of aliphatic hydroxyl groups excluding tert-OH is 1. The second-order valence-electron chi connectivity index (χ2n) is 14.0. The highest BCUT2D eigenvalue weighted by atomic mass is 16.7. The largest absolute Gasteiger partial charge is 0.519 e. The molecule has 1 saturated carbocycles. The van der Waals surface area contributed by atoms with E-state index in [-0.39, 0.29) is 52.4 Å². The van der Waals surface area contributed by atoms with Gasteiger partial charge in [0.2, 0.25) is 5.75 Å². The molecule has 3 aliphatic rings. The highest BCUT2D eigenvalue weighted by molar-refractivity contribution is 5.92. The van der Waals surface area contributed by atoms with Gasteiger partial charge in [0, 0.05) is 62.6 Å². The molecule has 14 nitrogen and oxygen atoms in total. The lowest BCUT2D eigenvalue weighted by Crippen LogP contribution is -2.52. The van der Waals surface area contributed by atoms with Crippen LogP contribution >= 0.6 is 0 Å². The summed E-state index contributed by atoms with van der Waals surface area (Å²) in [6.07, 6.45) is 1.14. The van der Waals surface area contributed by atoms with Crippen molar-refractivity contribution >= 4 is 34.7 Å². The predicted octanol–water partition coefficient (Wildman–Crippen LogP) is 5.79. The van der Waals surface area contributed by atoms with E-state index in [1.165, 1.54) is 50.1 Å². The summed E-state index contributed by atoms with van der Waals surface area (Å²) in [5, 5.41) is 8.21. The Bertz CT molecular complexity index is 1990. The fourth-order valence-electron chi connectivity index (χ4n) is 8.39. The molecule has 0 spiro atoms. The first-order valence-electron chi connectivity index (χ1n) is 18.2. The number of nitrogens with one attached hydrogen (secondary N) is 1. The maximum absolute atomic E-state index is 13.7. The normalized spacial score (nSPS) is 21.3. The van der Waals surface area contributed by atoms with Crippen molar-refractivity contribution in [3.63, 3.8) is 0 Å². The molecular formula is C41H49N3O11. The third kappa shape index (κ3) is 8.01. The Balaban J connectivity index is 0.00000253. The first-order valence-corrected chi connectivity index (χ1v) is 18.2. The number of H-pyrrole nitrogens is 1. The van der Waals surface area contributed by atoms with E-state index in [1.807, 2.05) is 31.1 Å². The number of esters is 2. The summed E-state index contributed by atoms with van der Waals surface area (Å²) >= 11 is 0. The van der Waals surface area contributed by atoms with Crippen LogP contribution in [0.1, 0.15) is 46.9 Å². The van der Waals surface area contributed by atoms with Crippen LogP contribution in [-0.4, -0.2) is 102 Å². The summed E-state index contributed by atoms with van der Waals surface area (Å²) in [6, 6.07) is 16.1. The lowest BCUT2D eigenvalue weighted by Gasteiger charge is -2.51. The molecule has 1 aliphatic carbocycles. The van der Waals surface area contributed by atoms with Crippen molar-refractivity contribution in [3.8, 4) is 28.7 Å². The number of hydrogen-bond acceptors (Lipinski definition) is 13. The standard InChI is InChI=1S/C40H45N3O10.CH4O/c1-42(2)24-7-9-25(10-8-24)52-40(46)53-37-34(48-4)16-22(17-35(37)49-5)38(44)51-27-15-23-21-43-14-13-29-28-12-11-26(47-3)19-32(28)41-36(29)33(43)20-30(23)31(18-27)39(45)50-6;1-2/h7-12,16-17,19,23,27,30-31,33,41H,13-15,18,20-21H2,1-6H3;2H,1H3/t23-,27?,30+,31?,33?;/m1./s1. The second kappa shape index (κ2) is 16.9. The van der Waals surface area contributed by atoms with Crippen molar-refractivity contribution in [2.45, 2.75) is 37.8 Å². The number of aromatic nitrogens is 1. The number of fused-ring (bicyclic) bond motifs is 6. The highest BCUT2D eigenvalue weighted by Gasteiger charge is 2.49. The number of nitrogens with zero attached hydrogens (tertiary/aromatic N) is 2. The molecular weight excluding hydrogens is 710 g/mol. The molecule has 0 bridgehead atoms. The van der Waals surface area contributed by atoms with Crippen molar-refractivity contribution in [2.75, 3.05) is 67.6 Å². The average molecular weight is 760 g/mol. The summed E-state index contributed by atoms with van der Waals surface area (Å²) in [7, 11) is 10.7. The smallest absolute Gasteiger partial charge is 0.497 e. The molecule has 0 radical (unpaired) electrons. The molecule has 3 heterocycles. The Labute approximate surface area is 320 Å². The topological polar surface area (TPSA) is 158 Å². The molecule has 5 atom stereocenters. The SMILES string of the molecule is CO.COC(=O)C1CC(OC(=O)c2cc(OC)c(OC(=O)Oc3ccc(N(C)C)cc3)c(OC)c2)C[C@@H]2CN3CCc4c([nH]c5cc(OC)ccc45)C3C[C@H]12. The fourth-order valence-corrected chi connectivity index (χ4v) is 8.39. The Morgan fingerprint density at radius 3 is 2.16 bits per heavy atom. The zero-order valence-electron chi connectivity index (χ0n) is 32.2. The number of carbonyl (C=O) groups is 3. The van der Waals surface area contributed by atoms with Crippen LogP contribution in [0, 0.1) is 17.8 Å². The third-order valence-corrected chi connectivity index (χ3v) is 11.0. The Morgan fingerprint density at radius 1 is 0.836 bits per heavy atom. The molecule has 3 aromatic carbocycles. The van der Waals surface area contributed by atoms with Gasteiger partial charge in [-0.05, 0) is 91.6 Å². The number of ether oxygens (including phenoxy) is 7. The number of aliphatic hydroxyl groups is 1. The zero-order chi connectivity index (χ0) is 39.4. The highest BCUT2D eigenvalue weighted by Crippen LogP contribution is 2.50. The lowest BCUT2D eigenvalue weighted by molar-refractivity contribution is -0.155. The van der Waals surface area contributed by atoms with Gasteiger partial charge in [-0.1, -0.05) is 0 Å². The van der Waals surface area contributed by atoms with Crippen LogP contribution in [0.2, 0.25) is 0 Å². The van der Waals surface area contributed by atoms with E-state index >= 15 is 0 Å². The third-order valence-electron chi connectivity index (χ3n) is 11.0. The van der Waals surface area contributed by atoms with Gasteiger partial charge in [-0.2, -0.15) is 0 Å². The minimum absolute atomic E-state index is 0.0525. The molecule has 7 rings (SSSR count). The van der Waals surface area contributed by atoms with E-state index in [2.05, 4.69) is 16.0 Å². The van der Waals surface area contributed by atoms with Crippen LogP contribution < -0.4 is 28.6 Å². The number of carbonyl (C=O) groups excluding carboxylic acids is 3. The second-order valence-corrected chi connectivity index (χ2v) is 14.0. The van der Waals surface area contributed by atoms with E-state index in [1.54, 1.807) is 31.4 Å². The van der Waals surface area contributed by atoms with Gasteiger partial charge in [0.1, 0.15) is 17.6 Å². The molecule has 4 aromatic rings. The van der Waals surface area contributed by atoms with Gasteiger partial charge in [-0.15, -0.1) is 0 Å². The van der Waals surface area contributed by atoms with Gasteiger partial charge in [0.05, 0.1) is 46.0 Å². The van der Waals surface area contributed by atoms with Crippen LogP contribution in [0.15, 0.2) is 54.6 Å². The van der Waals surface area contributed by atoms with Gasteiger partial charge in [0.15, 0.2) is 11.5 Å². The number of benzene rings is 3. The molecule has 294 valence electrons. The first kappa shape index (κ1) is 39.2. The van der Waals surface area contributed by atoms with Crippen molar-refractivity contribution in [2.24, 2.45) is 17.8 Å². The van der Waals surface area contributed by atoms with E-state index < -0.39 is 24.1 Å². The zero-order valence-corrected chi connectivity index (χ0v) is 32.2. The maximum Gasteiger partial charge on any atom is 0.519 e. The number of hydrogen-bond donors (Lipinski definition) is 2. The molecule has 2 fully saturated rings. The summed E-state index contributed by atoms with van der Waals surface area (Å²) in [5.74, 6) is 0.0317. The van der Waals surface area contributed by atoms with Crippen molar-refractivity contribution in [3.05, 3.63) is 71.4 Å². The minimum Gasteiger partial charge on any atom is -0.497 e. The summed E-state index contributed by atoms with van der Waals surface area (Å²) in [5.41, 5.74) is 4.66. The lowest BCUT2D eigenvalue weighted by atomic mass is 9.65. The van der Waals surface area contributed by atoms with Crippen LogP contribution in [0.5, 0.6) is 28.7 Å². The fraction of sp³-hybridized carbons (Fsp3) is 0.439. The Hall–Kier alpha value is -5.47. The van der Waals surface area contributed by atoms with Gasteiger partial charge in [-0.3, -0.25) is 9.69 Å². The van der Waals surface area contributed by atoms with Crippen molar-refractivity contribution in [1.29, 1.82) is 0 Å². The van der Waals surface area contributed by atoms with Crippen LogP contribution in [-0.2, 0) is 20.7 Å². The average Bonchev–Trinajstić information content (AvgIpc) is 3.58.